The van der Waals surface area contributed by atoms with E-state index in [1.165, 1.54) is 4.90 Å². The topological polar surface area (TPSA) is 160 Å². The van der Waals surface area contributed by atoms with E-state index in [1.807, 2.05) is 55.4 Å². The van der Waals surface area contributed by atoms with Crippen LogP contribution in [0.25, 0.3) is 0 Å². The van der Waals surface area contributed by atoms with Gasteiger partial charge in [-0.25, -0.2) is 4.79 Å². The SMILES string of the molecule is C=C1OCCC1CC(NC(=O)C1C2C(CN1C(=O)C(NC(=O)NC(C)(C)C)C(C)(C)C)C2(C)C)C(=O)C(N)=O. The third-order valence-corrected chi connectivity index (χ3v) is 8.24. The number of allylic oxidation sites excluding steroid dienone is 1. The van der Waals surface area contributed by atoms with Gasteiger partial charge in [0.1, 0.15) is 12.1 Å². The number of Topliss-reactive ketones (excluding diaryl/α,β-unsaturated/α-hetero) is 1. The molecule has 11 nitrogen and oxygen atoms in total. The Bertz CT molecular complexity index is 1060. The normalized spacial score (nSPS) is 27.1. The highest BCUT2D eigenvalue weighted by molar-refractivity contribution is 6.37. The van der Waals surface area contributed by atoms with Crippen LogP contribution >= 0.6 is 0 Å². The van der Waals surface area contributed by atoms with E-state index in [1.54, 1.807) is 0 Å². The van der Waals surface area contributed by atoms with Crippen LogP contribution in [0.5, 0.6) is 0 Å². The van der Waals surface area contributed by atoms with Gasteiger partial charge in [0.2, 0.25) is 17.6 Å². The number of ether oxygens (including phenoxy) is 1. The lowest BCUT2D eigenvalue weighted by atomic mass is 9.85. The van der Waals surface area contributed by atoms with E-state index < -0.39 is 52.7 Å². The summed E-state index contributed by atoms with van der Waals surface area (Å²) in [5.41, 5.74) is 3.97. The van der Waals surface area contributed by atoms with Gasteiger partial charge < -0.3 is 31.3 Å². The number of carbonyl (C=O) groups excluding carboxylic acids is 5. The van der Waals surface area contributed by atoms with Crippen LogP contribution in [0.2, 0.25) is 0 Å². The summed E-state index contributed by atoms with van der Waals surface area (Å²) in [5.74, 6) is -2.67. The van der Waals surface area contributed by atoms with Crippen LogP contribution in [0.15, 0.2) is 12.3 Å². The summed E-state index contributed by atoms with van der Waals surface area (Å²) in [6.45, 7) is 19.8. The van der Waals surface area contributed by atoms with Crippen molar-refractivity contribution in [2.75, 3.05) is 13.2 Å². The van der Waals surface area contributed by atoms with Gasteiger partial charge in [-0.05, 0) is 56.3 Å². The number of hydrogen-bond acceptors (Lipinski definition) is 6. The quantitative estimate of drug-likeness (QED) is 0.337. The van der Waals surface area contributed by atoms with Crippen molar-refractivity contribution < 1.29 is 28.7 Å². The molecule has 0 radical (unpaired) electrons. The average Bonchev–Trinajstić information content (AvgIpc) is 3.14. The second kappa shape index (κ2) is 10.5. The predicted molar refractivity (Wildman–Crippen MR) is 145 cm³/mol. The smallest absolute Gasteiger partial charge is 0.315 e. The molecular weight excluding hydrogens is 502 g/mol. The third-order valence-electron chi connectivity index (χ3n) is 8.24. The standard InChI is InChI=1S/C28H45N5O6/c1-14-15(10-11-39-14)12-17(20(34)22(29)35)30-23(36)19-18-16(28(18,8)9)13-33(19)24(37)21(26(2,3)4)31-25(38)32-27(5,6)7/h15-19,21H,1,10-13H2,2-9H3,(H2,29,35)(H,30,36)(H2,31,32,38). The summed E-state index contributed by atoms with van der Waals surface area (Å²) in [6.07, 6.45) is 0.738. The highest BCUT2D eigenvalue weighted by Gasteiger charge is 2.70. The molecule has 3 fully saturated rings. The maximum atomic E-state index is 14.0. The Morgan fingerprint density at radius 3 is 2.21 bits per heavy atom. The summed E-state index contributed by atoms with van der Waals surface area (Å²) in [6, 6.07) is -3.41. The van der Waals surface area contributed by atoms with Crippen molar-refractivity contribution >= 4 is 29.5 Å². The first kappa shape index (κ1) is 30.4. The molecular formula is C28H45N5O6. The molecule has 6 unspecified atom stereocenters. The molecule has 2 saturated heterocycles. The molecule has 5 amide bonds. The van der Waals surface area contributed by atoms with E-state index >= 15 is 0 Å². The van der Waals surface area contributed by atoms with Crippen LogP contribution in [0, 0.1) is 28.6 Å². The summed E-state index contributed by atoms with van der Waals surface area (Å²) in [5, 5.41) is 8.37. The summed E-state index contributed by atoms with van der Waals surface area (Å²) >= 11 is 0. The van der Waals surface area contributed by atoms with Gasteiger partial charge >= 0.3 is 6.03 Å². The van der Waals surface area contributed by atoms with Crippen molar-refractivity contribution in [2.45, 2.75) is 91.9 Å². The van der Waals surface area contributed by atoms with Crippen molar-refractivity contribution in [3.63, 3.8) is 0 Å². The monoisotopic (exact) mass is 547 g/mol. The van der Waals surface area contributed by atoms with E-state index in [-0.39, 0.29) is 35.5 Å². The summed E-state index contributed by atoms with van der Waals surface area (Å²) in [7, 11) is 0. The van der Waals surface area contributed by atoms with Gasteiger partial charge in [0, 0.05) is 18.0 Å². The van der Waals surface area contributed by atoms with Gasteiger partial charge in [0.05, 0.1) is 18.4 Å². The Morgan fingerprint density at radius 1 is 1.10 bits per heavy atom. The maximum absolute atomic E-state index is 14.0. The Kier molecular flexibility index (Phi) is 8.16. The number of amides is 5. The minimum absolute atomic E-state index is 0.0921. The van der Waals surface area contributed by atoms with Crippen LogP contribution in [0.1, 0.15) is 68.2 Å². The Morgan fingerprint density at radius 2 is 1.72 bits per heavy atom. The van der Waals surface area contributed by atoms with Crippen molar-refractivity contribution in [3.8, 4) is 0 Å². The summed E-state index contributed by atoms with van der Waals surface area (Å²) in [4.78, 5) is 66.5. The Labute approximate surface area is 231 Å². The average molecular weight is 548 g/mol. The van der Waals surface area contributed by atoms with Crippen molar-refractivity contribution in [1.82, 2.24) is 20.9 Å². The number of rotatable bonds is 8. The third kappa shape index (κ3) is 6.55. The minimum Gasteiger partial charge on any atom is -0.498 e. The zero-order valence-corrected chi connectivity index (χ0v) is 24.5. The van der Waals surface area contributed by atoms with Crippen LogP contribution in [-0.4, -0.2) is 71.3 Å². The van der Waals surface area contributed by atoms with Gasteiger partial charge in [-0.2, -0.15) is 0 Å². The number of piperidine rings is 1. The molecule has 11 heteroatoms. The first-order valence-corrected chi connectivity index (χ1v) is 13.6. The van der Waals surface area contributed by atoms with E-state index in [0.717, 1.165) is 0 Å². The molecule has 3 aliphatic rings. The lowest BCUT2D eigenvalue weighted by Gasteiger charge is -2.38. The van der Waals surface area contributed by atoms with E-state index in [0.29, 0.717) is 25.3 Å². The molecule has 2 heterocycles. The fraction of sp³-hybridized carbons (Fsp3) is 0.750. The number of urea groups is 1. The Hall–Kier alpha value is -3.11. The molecule has 5 N–H and O–H groups in total. The van der Waals surface area contributed by atoms with E-state index in [2.05, 4.69) is 22.5 Å². The van der Waals surface area contributed by atoms with Crippen molar-refractivity contribution in [1.29, 1.82) is 0 Å². The second-order valence-corrected chi connectivity index (χ2v) is 13.9. The molecule has 1 aliphatic carbocycles. The second-order valence-electron chi connectivity index (χ2n) is 13.9. The van der Waals surface area contributed by atoms with Gasteiger partial charge in [-0.3, -0.25) is 19.2 Å². The lowest BCUT2D eigenvalue weighted by Crippen LogP contribution is -2.62. The molecule has 1 saturated carbocycles. The van der Waals surface area contributed by atoms with Crippen molar-refractivity contribution in [3.05, 3.63) is 12.3 Å². The van der Waals surface area contributed by atoms with Crippen LogP contribution in [0.4, 0.5) is 4.79 Å². The molecule has 0 spiro atoms. The van der Waals surface area contributed by atoms with E-state index in [4.69, 9.17) is 10.5 Å². The predicted octanol–water partition coefficient (Wildman–Crippen LogP) is 1.46. The molecule has 0 aromatic carbocycles. The number of primary amides is 1. The number of hydrogen-bond donors (Lipinski definition) is 4. The molecule has 0 aromatic rings. The molecule has 2 aliphatic heterocycles. The Balaban J connectivity index is 1.86. The minimum atomic E-state index is -1.16. The number of carbonyl (C=O) groups is 5. The van der Waals surface area contributed by atoms with Crippen molar-refractivity contribution in [2.24, 2.45) is 34.3 Å². The molecule has 218 valence electrons. The first-order chi connectivity index (χ1) is 17.8. The molecule has 0 aromatic heterocycles. The maximum Gasteiger partial charge on any atom is 0.315 e. The van der Waals surface area contributed by atoms with Crippen LogP contribution in [0.3, 0.4) is 0 Å². The molecule has 39 heavy (non-hydrogen) atoms. The molecule has 6 atom stereocenters. The zero-order chi connectivity index (χ0) is 29.7. The number of nitrogens with one attached hydrogen (secondary N) is 3. The highest BCUT2D eigenvalue weighted by Crippen LogP contribution is 2.65. The number of ketones is 1. The fourth-order valence-corrected chi connectivity index (χ4v) is 5.94. The molecule has 3 rings (SSSR count). The fourth-order valence-electron chi connectivity index (χ4n) is 5.94. The van der Waals surface area contributed by atoms with Gasteiger partial charge in [0.25, 0.3) is 5.91 Å². The number of nitrogens with zero attached hydrogens (tertiary/aromatic N) is 1. The summed E-state index contributed by atoms with van der Waals surface area (Å²) < 4.78 is 5.40. The lowest BCUT2D eigenvalue weighted by molar-refractivity contribution is -0.145. The van der Waals surface area contributed by atoms with Crippen LogP contribution < -0.4 is 21.7 Å². The highest BCUT2D eigenvalue weighted by atomic mass is 16.5. The van der Waals surface area contributed by atoms with Gasteiger partial charge in [-0.1, -0.05) is 41.2 Å². The zero-order valence-electron chi connectivity index (χ0n) is 24.5. The number of nitrogens with two attached hydrogens (primary N) is 1. The largest absolute Gasteiger partial charge is 0.498 e. The number of likely N-dealkylation sites (tertiary alicyclic amines) is 1. The number of fused-ring (bicyclic) bond motifs is 1. The van der Waals surface area contributed by atoms with Crippen LogP contribution in [-0.2, 0) is 23.9 Å². The van der Waals surface area contributed by atoms with Gasteiger partial charge in [0.15, 0.2) is 0 Å². The molecule has 0 bridgehead atoms. The van der Waals surface area contributed by atoms with Gasteiger partial charge in [-0.15, -0.1) is 0 Å². The first-order valence-electron chi connectivity index (χ1n) is 13.6. The van der Waals surface area contributed by atoms with E-state index in [9.17, 15) is 24.0 Å².